The highest BCUT2D eigenvalue weighted by Crippen LogP contribution is 2.17. The second-order valence-electron chi connectivity index (χ2n) is 4.02. The molecular weight excluding hydrogens is 176 g/mol. The van der Waals surface area contributed by atoms with E-state index < -0.39 is 0 Å². The monoisotopic (exact) mass is 202 g/mol. The van der Waals surface area contributed by atoms with Crippen LogP contribution in [0, 0.1) is 5.92 Å². The summed E-state index contributed by atoms with van der Waals surface area (Å²) in [6, 6.07) is 0.278. The van der Waals surface area contributed by atoms with Crippen molar-refractivity contribution in [2.24, 2.45) is 11.8 Å². The zero-order valence-corrected chi connectivity index (χ0v) is 10.0. The van der Waals surface area contributed by atoms with E-state index in [9.17, 15) is 0 Å². The molecule has 3 heteroatoms. The van der Waals surface area contributed by atoms with Crippen molar-refractivity contribution in [2.45, 2.75) is 58.6 Å². The van der Waals surface area contributed by atoms with E-state index >= 15 is 0 Å². The molecule has 3 nitrogen and oxygen atoms in total. The summed E-state index contributed by atoms with van der Waals surface area (Å²) in [6.07, 6.45) is 4.83. The summed E-state index contributed by atoms with van der Waals surface area (Å²) < 4.78 is 5.47. The molecule has 0 aromatic carbocycles. The van der Waals surface area contributed by atoms with Gasteiger partial charge in [0.15, 0.2) is 0 Å². The highest BCUT2D eigenvalue weighted by molar-refractivity contribution is 4.79. The van der Waals surface area contributed by atoms with Crippen LogP contribution in [0.1, 0.15) is 46.5 Å². The number of hydrogen-bond donors (Lipinski definition) is 2. The third-order valence-electron chi connectivity index (χ3n) is 2.83. The first-order valence-corrected chi connectivity index (χ1v) is 5.70. The van der Waals surface area contributed by atoms with Gasteiger partial charge in [-0.3, -0.25) is 11.3 Å². The van der Waals surface area contributed by atoms with Crippen molar-refractivity contribution in [3.63, 3.8) is 0 Å². The SMILES string of the molecule is CCCC(C)C(NN)C(CCC)OC. The summed E-state index contributed by atoms with van der Waals surface area (Å²) in [6.45, 7) is 6.60. The van der Waals surface area contributed by atoms with Crippen LogP contribution < -0.4 is 11.3 Å². The smallest absolute Gasteiger partial charge is 0.0740 e. The zero-order chi connectivity index (χ0) is 11.0. The third-order valence-corrected chi connectivity index (χ3v) is 2.83. The molecule has 0 aliphatic carbocycles. The van der Waals surface area contributed by atoms with E-state index in [0.29, 0.717) is 5.92 Å². The van der Waals surface area contributed by atoms with Crippen LogP contribution in [0.4, 0.5) is 0 Å². The Bertz CT molecular complexity index is 130. The van der Waals surface area contributed by atoms with Crippen LogP contribution in [0.3, 0.4) is 0 Å². The number of hydrazine groups is 1. The van der Waals surface area contributed by atoms with Crippen LogP contribution >= 0.6 is 0 Å². The van der Waals surface area contributed by atoms with Crippen molar-refractivity contribution >= 4 is 0 Å². The highest BCUT2D eigenvalue weighted by atomic mass is 16.5. The van der Waals surface area contributed by atoms with Crippen LogP contribution in [-0.4, -0.2) is 19.3 Å². The van der Waals surface area contributed by atoms with Crippen LogP contribution in [0.5, 0.6) is 0 Å². The minimum absolute atomic E-state index is 0.242. The van der Waals surface area contributed by atoms with Crippen molar-refractivity contribution in [1.82, 2.24) is 5.43 Å². The van der Waals surface area contributed by atoms with Gasteiger partial charge in [-0.25, -0.2) is 0 Å². The first-order chi connectivity index (χ1) is 6.71. The Morgan fingerprint density at radius 3 is 2.14 bits per heavy atom. The average Bonchev–Trinajstić information content (AvgIpc) is 2.18. The summed E-state index contributed by atoms with van der Waals surface area (Å²) in [5.41, 5.74) is 2.90. The van der Waals surface area contributed by atoms with Crippen LogP contribution in [0.25, 0.3) is 0 Å². The lowest BCUT2D eigenvalue weighted by molar-refractivity contribution is 0.0417. The van der Waals surface area contributed by atoms with Crippen molar-refractivity contribution in [2.75, 3.05) is 7.11 Å². The molecule has 3 unspecified atom stereocenters. The van der Waals surface area contributed by atoms with Crippen LogP contribution in [0.2, 0.25) is 0 Å². The van der Waals surface area contributed by atoms with E-state index in [0.717, 1.165) is 12.8 Å². The molecule has 0 amide bonds. The van der Waals surface area contributed by atoms with Gasteiger partial charge in [0, 0.05) is 13.2 Å². The molecule has 0 aliphatic heterocycles. The second kappa shape index (κ2) is 8.21. The molecule has 0 bridgehead atoms. The highest BCUT2D eigenvalue weighted by Gasteiger charge is 2.24. The van der Waals surface area contributed by atoms with E-state index in [-0.39, 0.29) is 12.1 Å². The lowest BCUT2D eigenvalue weighted by Gasteiger charge is -2.30. The van der Waals surface area contributed by atoms with Gasteiger partial charge in [-0.2, -0.15) is 0 Å². The summed E-state index contributed by atoms with van der Waals surface area (Å²) in [4.78, 5) is 0. The molecule has 3 N–H and O–H groups in total. The molecule has 3 atom stereocenters. The fourth-order valence-corrected chi connectivity index (χ4v) is 2.00. The molecule has 0 spiro atoms. The zero-order valence-electron chi connectivity index (χ0n) is 10.0. The lowest BCUT2D eigenvalue weighted by Crippen LogP contribution is -2.48. The largest absolute Gasteiger partial charge is 0.380 e. The Labute approximate surface area is 88.4 Å². The van der Waals surface area contributed by atoms with Gasteiger partial charge in [-0.15, -0.1) is 0 Å². The number of hydrogen-bond acceptors (Lipinski definition) is 3. The molecule has 0 radical (unpaired) electrons. The molecule has 14 heavy (non-hydrogen) atoms. The van der Waals surface area contributed by atoms with Gasteiger partial charge < -0.3 is 4.74 Å². The Balaban J connectivity index is 4.18. The quantitative estimate of drug-likeness (QED) is 0.468. The predicted molar refractivity (Wildman–Crippen MR) is 60.9 cm³/mol. The van der Waals surface area contributed by atoms with Gasteiger partial charge in [-0.1, -0.05) is 33.6 Å². The van der Waals surface area contributed by atoms with E-state index in [4.69, 9.17) is 10.6 Å². The summed E-state index contributed by atoms with van der Waals surface area (Å²) >= 11 is 0. The van der Waals surface area contributed by atoms with Gasteiger partial charge in [-0.05, 0) is 18.8 Å². The molecule has 0 fully saturated rings. The van der Waals surface area contributed by atoms with Gasteiger partial charge in [0.05, 0.1) is 6.10 Å². The maximum Gasteiger partial charge on any atom is 0.0740 e. The van der Waals surface area contributed by atoms with E-state index in [1.54, 1.807) is 7.11 Å². The van der Waals surface area contributed by atoms with Gasteiger partial charge in [0.25, 0.3) is 0 Å². The molecule has 0 saturated heterocycles. The van der Waals surface area contributed by atoms with Gasteiger partial charge >= 0.3 is 0 Å². The van der Waals surface area contributed by atoms with Gasteiger partial charge in [0.2, 0.25) is 0 Å². The standard InChI is InChI=1S/C11H26N2O/c1-5-7-9(3)11(13-12)10(14-4)8-6-2/h9-11,13H,5-8,12H2,1-4H3. The lowest BCUT2D eigenvalue weighted by atomic mass is 9.91. The number of nitrogens with one attached hydrogen (secondary N) is 1. The molecule has 0 rings (SSSR count). The summed E-state index contributed by atoms with van der Waals surface area (Å²) in [5.74, 6) is 6.15. The average molecular weight is 202 g/mol. The van der Waals surface area contributed by atoms with E-state index in [1.807, 2.05) is 0 Å². The first kappa shape index (κ1) is 13.9. The van der Waals surface area contributed by atoms with Crippen molar-refractivity contribution in [3.05, 3.63) is 0 Å². The normalized spacial score (nSPS) is 17.8. The topological polar surface area (TPSA) is 47.3 Å². The Hall–Kier alpha value is -0.120. The van der Waals surface area contributed by atoms with Crippen LogP contribution in [0.15, 0.2) is 0 Å². The molecule has 0 aliphatic rings. The predicted octanol–water partition coefficient (Wildman–Crippen LogP) is 2.07. The number of methoxy groups -OCH3 is 1. The molecule has 86 valence electrons. The molecule has 0 aromatic rings. The number of rotatable bonds is 8. The van der Waals surface area contributed by atoms with E-state index in [2.05, 4.69) is 26.2 Å². The first-order valence-electron chi connectivity index (χ1n) is 5.70. The Morgan fingerprint density at radius 2 is 1.79 bits per heavy atom. The fraction of sp³-hybridized carbons (Fsp3) is 1.00. The Morgan fingerprint density at radius 1 is 1.21 bits per heavy atom. The minimum atomic E-state index is 0.242. The molecule has 0 aromatic heterocycles. The van der Waals surface area contributed by atoms with Gasteiger partial charge in [0.1, 0.15) is 0 Å². The maximum atomic E-state index is 5.58. The van der Waals surface area contributed by atoms with Crippen LogP contribution in [-0.2, 0) is 4.74 Å². The number of ether oxygens (including phenoxy) is 1. The third kappa shape index (κ3) is 4.40. The molecular formula is C11H26N2O. The Kier molecular flexibility index (Phi) is 8.14. The summed E-state index contributed by atoms with van der Waals surface area (Å²) in [5, 5.41) is 0. The van der Waals surface area contributed by atoms with Crippen molar-refractivity contribution in [1.29, 1.82) is 0 Å². The maximum absolute atomic E-state index is 5.58. The van der Waals surface area contributed by atoms with Crippen molar-refractivity contribution < 1.29 is 4.74 Å². The second-order valence-corrected chi connectivity index (χ2v) is 4.02. The summed E-state index contributed by atoms with van der Waals surface area (Å²) in [7, 11) is 1.77. The van der Waals surface area contributed by atoms with Crippen molar-refractivity contribution in [3.8, 4) is 0 Å². The minimum Gasteiger partial charge on any atom is -0.380 e. The number of nitrogens with two attached hydrogens (primary N) is 1. The van der Waals surface area contributed by atoms with E-state index in [1.165, 1.54) is 12.8 Å². The molecule has 0 heterocycles. The molecule has 0 saturated carbocycles. The fourth-order valence-electron chi connectivity index (χ4n) is 2.00.